The molecule has 0 saturated heterocycles. The number of hydrogen-bond acceptors (Lipinski definition) is 4. The number of carbonyl (C=O) groups excluding carboxylic acids is 1. The zero-order chi connectivity index (χ0) is 13.0. The van der Waals surface area contributed by atoms with Crippen LogP contribution in [0.2, 0.25) is 0 Å². The van der Waals surface area contributed by atoms with Gasteiger partial charge in [-0.2, -0.15) is 15.3 Å². The van der Waals surface area contributed by atoms with E-state index < -0.39 is 11.3 Å². The maximum atomic E-state index is 11.2. The number of amides is 1. The van der Waals surface area contributed by atoms with E-state index in [0.29, 0.717) is 5.71 Å². The van der Waals surface area contributed by atoms with Crippen LogP contribution >= 0.6 is 11.6 Å². The van der Waals surface area contributed by atoms with Gasteiger partial charge in [0.15, 0.2) is 5.38 Å². The minimum Gasteiger partial charge on any atom is -0.271 e. The summed E-state index contributed by atoms with van der Waals surface area (Å²) in [5.41, 5.74) is 4.67. The predicted molar refractivity (Wildman–Crippen MR) is 72.5 cm³/mol. The number of benzene rings is 1. The smallest absolute Gasteiger partial charge is 0.264 e. The summed E-state index contributed by atoms with van der Waals surface area (Å²) in [5.74, 6) is -0.400. The van der Waals surface area contributed by atoms with Crippen LogP contribution in [0.15, 0.2) is 39.6 Å². The molecule has 0 saturated carbocycles. The predicted octanol–water partition coefficient (Wildman–Crippen LogP) is 1.49. The van der Waals surface area contributed by atoms with Gasteiger partial charge in [-0.15, -0.1) is 11.6 Å². The lowest BCUT2D eigenvalue weighted by molar-refractivity contribution is -0.119. The SMILES string of the molecule is Cc1ccc(/C=N\N=C2\C=NNC(=O)C2Cl)cc1. The second-order valence-corrected chi connectivity index (χ2v) is 4.21. The van der Waals surface area contributed by atoms with Crippen LogP contribution in [0.1, 0.15) is 11.1 Å². The molecule has 0 fully saturated rings. The summed E-state index contributed by atoms with van der Waals surface area (Å²) in [6.07, 6.45) is 2.97. The van der Waals surface area contributed by atoms with Crippen LogP contribution < -0.4 is 5.43 Å². The number of hydrogen-bond donors (Lipinski definition) is 1. The summed E-state index contributed by atoms with van der Waals surface area (Å²) in [7, 11) is 0. The Bertz CT molecular complexity index is 534. The lowest BCUT2D eigenvalue weighted by Gasteiger charge is -2.10. The fourth-order valence-corrected chi connectivity index (χ4v) is 1.46. The van der Waals surface area contributed by atoms with E-state index in [1.54, 1.807) is 6.21 Å². The number of hydrazone groups is 1. The molecular weight excluding hydrogens is 252 g/mol. The molecule has 1 aromatic rings. The first-order valence-corrected chi connectivity index (χ1v) is 5.75. The topological polar surface area (TPSA) is 66.2 Å². The Morgan fingerprint density at radius 1 is 1.39 bits per heavy atom. The highest BCUT2D eigenvalue weighted by atomic mass is 35.5. The Morgan fingerprint density at radius 3 is 2.83 bits per heavy atom. The monoisotopic (exact) mass is 262 g/mol. The largest absolute Gasteiger partial charge is 0.271 e. The van der Waals surface area contributed by atoms with Crippen molar-refractivity contribution >= 4 is 35.6 Å². The molecule has 1 heterocycles. The molecule has 18 heavy (non-hydrogen) atoms. The van der Waals surface area contributed by atoms with Gasteiger partial charge in [-0.05, 0) is 12.5 Å². The molecular formula is C12H11ClN4O. The summed E-state index contributed by atoms with van der Waals surface area (Å²) < 4.78 is 0. The normalized spacial score (nSPS) is 21.6. The third-order valence-electron chi connectivity index (χ3n) is 2.32. The van der Waals surface area contributed by atoms with Crippen LogP contribution in [-0.4, -0.2) is 29.4 Å². The Morgan fingerprint density at radius 2 is 2.11 bits per heavy atom. The number of rotatable bonds is 2. The van der Waals surface area contributed by atoms with Crippen molar-refractivity contribution in [3.05, 3.63) is 35.4 Å². The van der Waals surface area contributed by atoms with E-state index in [0.717, 1.165) is 5.56 Å². The van der Waals surface area contributed by atoms with Crippen LogP contribution in [0.4, 0.5) is 0 Å². The van der Waals surface area contributed by atoms with Crippen molar-refractivity contribution < 1.29 is 4.79 Å². The minimum absolute atomic E-state index is 0.323. The van der Waals surface area contributed by atoms with Gasteiger partial charge in [-0.1, -0.05) is 29.8 Å². The Labute approximate surface area is 109 Å². The molecule has 5 nitrogen and oxygen atoms in total. The number of alkyl halides is 1. The fourth-order valence-electron chi connectivity index (χ4n) is 1.31. The van der Waals surface area contributed by atoms with Gasteiger partial charge in [0.05, 0.1) is 12.4 Å². The molecule has 0 bridgehead atoms. The summed E-state index contributed by atoms with van der Waals surface area (Å²) in [4.78, 5) is 11.2. The summed E-state index contributed by atoms with van der Waals surface area (Å²) in [5, 5.41) is 10.5. The maximum absolute atomic E-state index is 11.2. The standard InChI is InChI=1S/C12H11ClN4O/c1-8-2-4-9(5-3-8)6-14-16-10-7-15-17-12(18)11(10)13/h2-7,11H,1H3,(H,17,18)/b14-6-,16-10-. The molecule has 92 valence electrons. The van der Waals surface area contributed by atoms with Crippen molar-refractivity contribution in [1.29, 1.82) is 0 Å². The van der Waals surface area contributed by atoms with E-state index in [9.17, 15) is 4.79 Å². The second kappa shape index (κ2) is 5.55. The van der Waals surface area contributed by atoms with Crippen LogP contribution in [0.5, 0.6) is 0 Å². The van der Waals surface area contributed by atoms with Gasteiger partial charge in [0.1, 0.15) is 5.71 Å². The van der Waals surface area contributed by atoms with Gasteiger partial charge in [-0.25, -0.2) is 5.43 Å². The molecule has 0 aliphatic carbocycles. The van der Waals surface area contributed by atoms with E-state index in [1.807, 2.05) is 31.2 Å². The van der Waals surface area contributed by atoms with Crippen molar-refractivity contribution in [3.8, 4) is 0 Å². The van der Waals surface area contributed by atoms with Gasteiger partial charge in [0.2, 0.25) is 0 Å². The molecule has 1 unspecified atom stereocenters. The van der Waals surface area contributed by atoms with Crippen LogP contribution in [0, 0.1) is 6.92 Å². The average Bonchev–Trinajstić information content (AvgIpc) is 2.37. The molecule has 1 aliphatic heterocycles. The van der Waals surface area contributed by atoms with Gasteiger partial charge < -0.3 is 0 Å². The first-order valence-electron chi connectivity index (χ1n) is 5.31. The van der Waals surface area contributed by atoms with E-state index in [1.165, 1.54) is 11.8 Å². The van der Waals surface area contributed by atoms with E-state index in [-0.39, 0.29) is 0 Å². The molecule has 1 N–H and O–H groups in total. The molecule has 6 heteroatoms. The van der Waals surface area contributed by atoms with Gasteiger partial charge in [-0.3, -0.25) is 4.79 Å². The molecule has 0 spiro atoms. The van der Waals surface area contributed by atoms with Crippen molar-refractivity contribution in [1.82, 2.24) is 5.43 Å². The molecule has 1 aromatic carbocycles. The zero-order valence-corrected chi connectivity index (χ0v) is 10.4. The van der Waals surface area contributed by atoms with Crippen LogP contribution in [-0.2, 0) is 4.79 Å². The molecule has 1 amide bonds. The third-order valence-corrected chi connectivity index (χ3v) is 2.74. The van der Waals surface area contributed by atoms with Gasteiger partial charge in [0, 0.05) is 0 Å². The fraction of sp³-hybridized carbons (Fsp3) is 0.167. The molecule has 1 atom stereocenters. The Kier molecular flexibility index (Phi) is 3.84. The summed E-state index contributed by atoms with van der Waals surface area (Å²) >= 11 is 5.83. The maximum Gasteiger partial charge on any atom is 0.264 e. The summed E-state index contributed by atoms with van der Waals surface area (Å²) in [6.45, 7) is 2.01. The molecule has 0 aromatic heterocycles. The first kappa shape index (κ1) is 12.4. The van der Waals surface area contributed by atoms with Crippen molar-refractivity contribution in [2.24, 2.45) is 15.3 Å². The van der Waals surface area contributed by atoms with Crippen LogP contribution in [0.25, 0.3) is 0 Å². The first-order chi connectivity index (χ1) is 8.66. The van der Waals surface area contributed by atoms with Crippen LogP contribution in [0.3, 0.4) is 0 Å². The van der Waals surface area contributed by atoms with Crippen molar-refractivity contribution in [2.75, 3.05) is 0 Å². The van der Waals surface area contributed by atoms with E-state index in [4.69, 9.17) is 11.6 Å². The average molecular weight is 263 g/mol. The van der Waals surface area contributed by atoms with Gasteiger partial charge in [0.25, 0.3) is 5.91 Å². The zero-order valence-electron chi connectivity index (χ0n) is 9.67. The second-order valence-electron chi connectivity index (χ2n) is 3.78. The lowest BCUT2D eigenvalue weighted by atomic mass is 10.2. The minimum atomic E-state index is -0.849. The quantitative estimate of drug-likeness (QED) is 0.490. The highest BCUT2D eigenvalue weighted by molar-refractivity contribution is 6.54. The third kappa shape index (κ3) is 3.01. The highest BCUT2D eigenvalue weighted by Gasteiger charge is 2.23. The van der Waals surface area contributed by atoms with Gasteiger partial charge >= 0.3 is 0 Å². The van der Waals surface area contributed by atoms with E-state index in [2.05, 4.69) is 20.7 Å². The number of halogens is 1. The van der Waals surface area contributed by atoms with Crippen molar-refractivity contribution in [2.45, 2.75) is 12.3 Å². The number of nitrogens with one attached hydrogen (secondary N) is 1. The molecule has 2 rings (SSSR count). The molecule has 1 aliphatic rings. The van der Waals surface area contributed by atoms with E-state index >= 15 is 0 Å². The Hall–Kier alpha value is -2.01. The Balaban J connectivity index is 2.10. The summed E-state index contributed by atoms with van der Waals surface area (Å²) in [6, 6.07) is 7.82. The lowest BCUT2D eigenvalue weighted by Crippen LogP contribution is -2.38. The van der Waals surface area contributed by atoms with Crippen molar-refractivity contribution in [3.63, 3.8) is 0 Å². The number of carbonyl (C=O) groups is 1. The highest BCUT2D eigenvalue weighted by Crippen LogP contribution is 2.04. The molecule has 0 radical (unpaired) electrons. The number of nitrogens with zero attached hydrogens (tertiary/aromatic N) is 3. The number of aryl methyl sites for hydroxylation is 1.